The Hall–Kier alpha value is -0.650. The number of hydrogen-bond acceptors (Lipinski definition) is 4. The van der Waals surface area contributed by atoms with Crippen molar-refractivity contribution in [1.29, 1.82) is 0 Å². The Morgan fingerprint density at radius 3 is 2.48 bits per heavy atom. The van der Waals surface area contributed by atoms with E-state index in [1.165, 1.54) is 25.7 Å². The molecule has 0 unspecified atom stereocenters. The van der Waals surface area contributed by atoms with Crippen LogP contribution in [-0.4, -0.2) is 38.4 Å². The Bertz CT molecular complexity index is 398. The number of carboxylic acids is 1. The minimum absolute atomic E-state index is 0.331. The molecule has 0 spiro atoms. The lowest BCUT2D eigenvalue weighted by atomic mass is 10.2. The average Bonchev–Trinajstić information content (AvgIpc) is 2.97. The molecule has 2 N–H and O–H groups in total. The zero-order valence-corrected chi connectivity index (χ0v) is 14.0. The van der Waals surface area contributed by atoms with Crippen LogP contribution in [0.5, 0.6) is 0 Å². The summed E-state index contributed by atoms with van der Waals surface area (Å²) >= 11 is 4.00. The normalized spacial score (nSPS) is 20.7. The fourth-order valence-electron chi connectivity index (χ4n) is 1.90. The van der Waals surface area contributed by atoms with Gasteiger partial charge in [0.05, 0.1) is 16.8 Å². The zero-order valence-electron chi connectivity index (χ0n) is 12.4. The van der Waals surface area contributed by atoms with Crippen LogP contribution < -0.4 is 0 Å². The van der Waals surface area contributed by atoms with Gasteiger partial charge in [-0.15, -0.1) is 23.5 Å². The van der Waals surface area contributed by atoms with Crippen molar-refractivity contribution >= 4 is 29.5 Å². The number of carbonyl (C=O) groups is 1. The minimum atomic E-state index is -0.879. The van der Waals surface area contributed by atoms with Crippen molar-refractivity contribution in [2.45, 2.75) is 42.4 Å². The molecule has 3 nitrogen and oxygen atoms in total. The van der Waals surface area contributed by atoms with Crippen molar-refractivity contribution in [2.24, 2.45) is 0 Å². The molecular weight excluding hydrogens is 304 g/mol. The number of hydrogen-bond donors (Lipinski definition) is 2. The van der Waals surface area contributed by atoms with Crippen LogP contribution >= 0.6 is 23.5 Å². The van der Waals surface area contributed by atoms with Crippen molar-refractivity contribution in [3.05, 3.63) is 35.9 Å². The van der Waals surface area contributed by atoms with Crippen LogP contribution in [0.2, 0.25) is 0 Å². The van der Waals surface area contributed by atoms with Crippen molar-refractivity contribution in [2.75, 3.05) is 12.4 Å². The first-order valence-corrected chi connectivity index (χ1v) is 9.32. The number of rotatable bonds is 6. The molecule has 0 aromatic heterocycles. The summed E-state index contributed by atoms with van der Waals surface area (Å²) in [6.45, 7) is 2.60. The molecule has 1 aromatic carbocycles. The number of benzene rings is 1. The second-order valence-electron chi connectivity index (χ2n) is 4.87. The summed E-state index contributed by atoms with van der Waals surface area (Å²) in [7, 11) is 0. The highest BCUT2D eigenvalue weighted by molar-refractivity contribution is 8.20. The maximum atomic E-state index is 10.2. The lowest BCUT2D eigenvalue weighted by Gasteiger charge is -2.07. The van der Waals surface area contributed by atoms with E-state index in [4.69, 9.17) is 10.2 Å². The SMILES string of the molecule is CCCCC[C@@H]1SC[C@H](CO)S1.O=C(O)c1ccccc1. The Morgan fingerprint density at radius 1 is 1.29 bits per heavy atom. The maximum absolute atomic E-state index is 10.2. The molecule has 0 aliphatic carbocycles. The Morgan fingerprint density at radius 2 is 2.00 bits per heavy atom. The number of aliphatic hydroxyl groups is 1. The van der Waals surface area contributed by atoms with Gasteiger partial charge < -0.3 is 10.2 Å². The van der Waals surface area contributed by atoms with E-state index >= 15 is 0 Å². The molecule has 1 saturated heterocycles. The van der Waals surface area contributed by atoms with Crippen molar-refractivity contribution < 1.29 is 15.0 Å². The van der Waals surface area contributed by atoms with E-state index < -0.39 is 5.97 Å². The summed E-state index contributed by atoms with van der Waals surface area (Å²) in [6.07, 6.45) is 5.37. The van der Waals surface area contributed by atoms with Gasteiger partial charge in [-0.2, -0.15) is 0 Å². The second-order valence-corrected chi connectivity index (χ2v) is 7.91. The van der Waals surface area contributed by atoms with Gasteiger partial charge in [0.25, 0.3) is 0 Å². The van der Waals surface area contributed by atoms with Crippen molar-refractivity contribution in [3.63, 3.8) is 0 Å². The van der Waals surface area contributed by atoms with Crippen molar-refractivity contribution in [1.82, 2.24) is 0 Å². The van der Waals surface area contributed by atoms with Gasteiger partial charge in [-0.25, -0.2) is 4.79 Å². The van der Waals surface area contributed by atoms with E-state index in [0.29, 0.717) is 17.4 Å². The molecule has 21 heavy (non-hydrogen) atoms. The molecule has 0 bridgehead atoms. The van der Waals surface area contributed by atoms with Crippen LogP contribution in [0.15, 0.2) is 30.3 Å². The second kappa shape index (κ2) is 11.0. The Labute approximate surface area is 135 Å². The predicted octanol–water partition coefficient (Wildman–Crippen LogP) is 4.12. The fourth-order valence-corrected chi connectivity index (χ4v) is 5.15. The first kappa shape index (κ1) is 18.4. The highest BCUT2D eigenvalue weighted by atomic mass is 32.2. The van der Waals surface area contributed by atoms with Gasteiger partial charge in [0, 0.05) is 11.0 Å². The minimum Gasteiger partial charge on any atom is -0.478 e. The lowest BCUT2D eigenvalue weighted by molar-refractivity contribution is 0.0697. The highest BCUT2D eigenvalue weighted by Crippen LogP contribution is 2.40. The first-order valence-electron chi connectivity index (χ1n) is 7.33. The summed E-state index contributed by atoms with van der Waals surface area (Å²) in [5, 5.41) is 17.8. The molecule has 1 aromatic rings. The third-order valence-electron chi connectivity index (χ3n) is 3.08. The number of thioether (sulfide) groups is 2. The molecule has 1 heterocycles. The van der Waals surface area contributed by atoms with Crippen LogP contribution in [0.1, 0.15) is 43.0 Å². The lowest BCUT2D eigenvalue weighted by Crippen LogP contribution is -2.06. The summed E-state index contributed by atoms with van der Waals surface area (Å²) in [5.74, 6) is 0.272. The van der Waals surface area contributed by atoms with Gasteiger partial charge in [-0.1, -0.05) is 44.4 Å². The number of unbranched alkanes of at least 4 members (excludes halogenated alkanes) is 2. The molecular formula is C16H24O3S2. The molecule has 1 aliphatic rings. The van der Waals surface area contributed by atoms with Gasteiger partial charge in [-0.05, 0) is 18.6 Å². The Balaban J connectivity index is 0.000000219. The molecule has 1 fully saturated rings. The van der Waals surface area contributed by atoms with E-state index in [1.807, 2.05) is 23.5 Å². The molecule has 0 amide bonds. The molecule has 1 aliphatic heterocycles. The topological polar surface area (TPSA) is 57.5 Å². The smallest absolute Gasteiger partial charge is 0.335 e. The monoisotopic (exact) mass is 328 g/mol. The summed E-state index contributed by atoms with van der Waals surface area (Å²) in [5.41, 5.74) is 0.331. The van der Waals surface area contributed by atoms with Gasteiger partial charge in [0.1, 0.15) is 0 Å². The molecule has 2 rings (SSSR count). The Kier molecular flexibility index (Phi) is 9.63. The number of aliphatic hydroxyl groups excluding tert-OH is 1. The van der Waals surface area contributed by atoms with Gasteiger partial charge in [0.2, 0.25) is 0 Å². The van der Waals surface area contributed by atoms with Gasteiger partial charge >= 0.3 is 5.97 Å². The van der Waals surface area contributed by atoms with Crippen LogP contribution in [-0.2, 0) is 0 Å². The largest absolute Gasteiger partial charge is 0.478 e. The van der Waals surface area contributed by atoms with Crippen LogP contribution in [0.3, 0.4) is 0 Å². The van der Waals surface area contributed by atoms with E-state index in [1.54, 1.807) is 30.3 Å². The van der Waals surface area contributed by atoms with E-state index in [9.17, 15) is 4.79 Å². The standard InChI is InChI=1S/C9H18OS2.C7H6O2/c1-2-3-4-5-9-11-7-8(6-10)12-9;8-7(9)6-4-2-1-3-5-6/h8-10H,2-7H2,1H3;1-5H,(H,8,9)/t8-,9+;/m0./s1. The molecule has 5 heteroatoms. The van der Waals surface area contributed by atoms with Crippen LogP contribution in [0.4, 0.5) is 0 Å². The third kappa shape index (κ3) is 7.79. The van der Waals surface area contributed by atoms with Crippen LogP contribution in [0, 0.1) is 0 Å². The first-order chi connectivity index (χ1) is 10.2. The van der Waals surface area contributed by atoms with E-state index in [2.05, 4.69) is 6.92 Å². The summed E-state index contributed by atoms with van der Waals surface area (Å²) in [4.78, 5) is 10.2. The quantitative estimate of drug-likeness (QED) is 0.769. The third-order valence-corrected chi connectivity index (χ3v) is 6.47. The number of aromatic carboxylic acids is 1. The van der Waals surface area contributed by atoms with E-state index in [0.717, 1.165) is 10.3 Å². The maximum Gasteiger partial charge on any atom is 0.335 e. The van der Waals surface area contributed by atoms with E-state index in [-0.39, 0.29) is 0 Å². The summed E-state index contributed by atoms with van der Waals surface area (Å²) < 4.78 is 0.772. The highest BCUT2D eigenvalue weighted by Gasteiger charge is 2.24. The summed E-state index contributed by atoms with van der Waals surface area (Å²) in [6, 6.07) is 8.30. The zero-order chi connectivity index (χ0) is 15.5. The molecule has 2 atom stereocenters. The number of carboxylic acid groups (broad SMARTS) is 1. The predicted molar refractivity (Wildman–Crippen MR) is 92.3 cm³/mol. The molecule has 0 saturated carbocycles. The van der Waals surface area contributed by atoms with Crippen LogP contribution in [0.25, 0.3) is 0 Å². The fraction of sp³-hybridized carbons (Fsp3) is 0.562. The average molecular weight is 328 g/mol. The van der Waals surface area contributed by atoms with Crippen molar-refractivity contribution in [3.8, 4) is 0 Å². The van der Waals surface area contributed by atoms with Gasteiger partial charge in [0.15, 0.2) is 0 Å². The molecule has 0 radical (unpaired) electrons. The van der Waals surface area contributed by atoms with Gasteiger partial charge in [-0.3, -0.25) is 0 Å². The molecule has 118 valence electrons.